The van der Waals surface area contributed by atoms with Crippen LogP contribution in [0.5, 0.6) is 0 Å². The van der Waals surface area contributed by atoms with Gasteiger partial charge in [-0.25, -0.2) is 13.2 Å². The van der Waals surface area contributed by atoms with E-state index in [1.165, 1.54) is 0 Å². The molecule has 23 heavy (non-hydrogen) atoms. The van der Waals surface area contributed by atoms with Crippen molar-refractivity contribution >= 4 is 15.9 Å². The molecule has 2 amide bonds. The van der Waals surface area contributed by atoms with Crippen molar-refractivity contribution in [3.05, 3.63) is 0 Å². The fourth-order valence-corrected chi connectivity index (χ4v) is 4.73. The third kappa shape index (κ3) is 5.10. The number of carbonyl (C=O) groups is 1. The van der Waals surface area contributed by atoms with Crippen molar-refractivity contribution in [2.24, 2.45) is 5.41 Å². The van der Waals surface area contributed by atoms with E-state index in [1.54, 1.807) is 20.8 Å². The van der Waals surface area contributed by atoms with E-state index in [9.17, 15) is 13.2 Å². The number of urea groups is 1. The van der Waals surface area contributed by atoms with E-state index in [2.05, 4.69) is 31.4 Å². The van der Waals surface area contributed by atoms with Gasteiger partial charge in [0, 0.05) is 12.1 Å². The monoisotopic (exact) mass is 346 g/mol. The van der Waals surface area contributed by atoms with Crippen molar-refractivity contribution in [1.29, 1.82) is 0 Å². The topological polar surface area (TPSA) is 75.3 Å². The van der Waals surface area contributed by atoms with E-state index in [1.807, 2.05) is 6.92 Å². The Labute approximate surface area is 141 Å². The molecule has 0 heterocycles. The highest BCUT2D eigenvalue weighted by molar-refractivity contribution is 7.93. The molecule has 2 N–H and O–H groups in total. The predicted octanol–water partition coefficient (Wildman–Crippen LogP) is 3.24. The molecule has 136 valence electrons. The van der Waals surface area contributed by atoms with E-state index >= 15 is 0 Å². The molecule has 1 fully saturated rings. The standard InChI is InChI=1S/C17H34N2O3S/c1-12(16(2,3)4)18-15(20)19-13-10-8-9-11-14(13)23(21,22)17(5,6)7/h12-14H,8-11H2,1-7H3,(H2,18,19,20). The summed E-state index contributed by atoms with van der Waals surface area (Å²) in [5, 5.41) is 5.36. The van der Waals surface area contributed by atoms with Crippen LogP contribution in [0.3, 0.4) is 0 Å². The minimum absolute atomic E-state index is 0.00349. The lowest BCUT2D eigenvalue weighted by atomic mass is 9.88. The Morgan fingerprint density at radius 2 is 1.57 bits per heavy atom. The van der Waals surface area contributed by atoms with Crippen LogP contribution < -0.4 is 10.6 Å². The van der Waals surface area contributed by atoms with E-state index in [4.69, 9.17) is 0 Å². The Bertz CT molecular complexity index is 515. The number of hydrogen-bond acceptors (Lipinski definition) is 3. The molecular weight excluding hydrogens is 312 g/mol. The lowest BCUT2D eigenvalue weighted by Crippen LogP contribution is -2.56. The predicted molar refractivity (Wildman–Crippen MR) is 95.3 cm³/mol. The summed E-state index contributed by atoms with van der Waals surface area (Å²) >= 11 is 0. The minimum atomic E-state index is -3.29. The first-order chi connectivity index (χ1) is 10.3. The van der Waals surface area contributed by atoms with Crippen LogP contribution in [0.25, 0.3) is 0 Å². The molecule has 0 aromatic rings. The molecule has 3 unspecified atom stereocenters. The highest BCUT2D eigenvalue weighted by Crippen LogP contribution is 2.31. The van der Waals surface area contributed by atoms with Gasteiger partial charge in [0.05, 0.1) is 10.00 Å². The molecule has 6 heteroatoms. The van der Waals surface area contributed by atoms with Crippen LogP contribution >= 0.6 is 0 Å². The SMILES string of the molecule is CC(NC(=O)NC1CCCCC1S(=O)(=O)C(C)(C)C)C(C)(C)C. The molecule has 3 atom stereocenters. The second kappa shape index (κ2) is 6.99. The Morgan fingerprint density at radius 1 is 1.04 bits per heavy atom. The number of sulfone groups is 1. The summed E-state index contributed by atoms with van der Waals surface area (Å²) in [6, 6.07) is -0.572. The van der Waals surface area contributed by atoms with E-state index < -0.39 is 19.8 Å². The zero-order valence-corrected chi connectivity index (χ0v) is 16.5. The number of nitrogens with one attached hydrogen (secondary N) is 2. The zero-order chi connectivity index (χ0) is 18.1. The Kier molecular flexibility index (Phi) is 6.16. The lowest BCUT2D eigenvalue weighted by Gasteiger charge is -2.36. The molecule has 0 radical (unpaired) electrons. The van der Waals surface area contributed by atoms with Crippen molar-refractivity contribution < 1.29 is 13.2 Å². The van der Waals surface area contributed by atoms with Crippen molar-refractivity contribution in [2.75, 3.05) is 0 Å². The summed E-state index contributed by atoms with van der Waals surface area (Å²) in [5.41, 5.74) is -0.0409. The van der Waals surface area contributed by atoms with Crippen LogP contribution in [-0.2, 0) is 9.84 Å². The maximum absolute atomic E-state index is 12.8. The molecule has 0 aromatic heterocycles. The van der Waals surface area contributed by atoms with Crippen molar-refractivity contribution in [1.82, 2.24) is 10.6 Å². The number of carbonyl (C=O) groups excluding carboxylic acids is 1. The molecule has 5 nitrogen and oxygen atoms in total. The maximum Gasteiger partial charge on any atom is 0.315 e. The fraction of sp³-hybridized carbons (Fsp3) is 0.941. The highest BCUT2D eigenvalue weighted by Gasteiger charge is 2.43. The second-order valence-electron chi connectivity index (χ2n) is 8.79. The van der Waals surface area contributed by atoms with Crippen molar-refractivity contribution in [3.8, 4) is 0 Å². The van der Waals surface area contributed by atoms with Crippen molar-refractivity contribution in [3.63, 3.8) is 0 Å². The van der Waals surface area contributed by atoms with Gasteiger partial charge in [-0.15, -0.1) is 0 Å². The molecular formula is C17H34N2O3S. The van der Waals surface area contributed by atoms with Gasteiger partial charge in [0.2, 0.25) is 0 Å². The highest BCUT2D eigenvalue weighted by atomic mass is 32.2. The van der Waals surface area contributed by atoms with Gasteiger partial charge >= 0.3 is 6.03 Å². The van der Waals surface area contributed by atoms with Gasteiger partial charge in [0.15, 0.2) is 9.84 Å². The molecule has 0 aliphatic heterocycles. The first-order valence-corrected chi connectivity index (χ1v) is 10.1. The summed E-state index contributed by atoms with van der Waals surface area (Å²) in [4.78, 5) is 12.3. The maximum atomic E-state index is 12.8. The van der Waals surface area contributed by atoms with Gasteiger partial charge in [0.25, 0.3) is 0 Å². The van der Waals surface area contributed by atoms with Crippen LogP contribution in [0.4, 0.5) is 4.79 Å². The van der Waals surface area contributed by atoms with E-state index in [0.717, 1.165) is 19.3 Å². The normalized spacial score (nSPS) is 24.8. The average molecular weight is 347 g/mol. The van der Waals surface area contributed by atoms with Gasteiger partial charge in [0.1, 0.15) is 0 Å². The molecule has 1 aliphatic carbocycles. The summed E-state index contributed by atoms with van der Waals surface area (Å²) in [5.74, 6) is 0. The average Bonchev–Trinajstić information content (AvgIpc) is 2.36. The second-order valence-corrected chi connectivity index (χ2v) is 11.7. The smallest absolute Gasteiger partial charge is 0.315 e. The van der Waals surface area contributed by atoms with Gasteiger partial charge in [-0.3, -0.25) is 0 Å². The molecule has 0 saturated heterocycles. The quantitative estimate of drug-likeness (QED) is 0.824. The Morgan fingerprint density at radius 3 is 2.04 bits per heavy atom. The molecule has 1 rings (SSSR count). The molecule has 0 bridgehead atoms. The third-order valence-corrected chi connectivity index (χ3v) is 7.99. The van der Waals surface area contributed by atoms with Crippen LogP contribution in [0.1, 0.15) is 74.1 Å². The van der Waals surface area contributed by atoms with Crippen molar-refractivity contribution in [2.45, 2.75) is 96.2 Å². The molecule has 1 saturated carbocycles. The van der Waals surface area contributed by atoms with Gasteiger partial charge < -0.3 is 10.6 Å². The van der Waals surface area contributed by atoms with Crippen LogP contribution in [-0.4, -0.2) is 36.5 Å². The summed E-state index contributed by atoms with van der Waals surface area (Å²) in [6.07, 6.45) is 3.20. The number of hydrogen-bond donors (Lipinski definition) is 2. The molecule has 0 spiro atoms. The first kappa shape index (κ1) is 20.3. The van der Waals surface area contributed by atoms with E-state index in [0.29, 0.717) is 6.42 Å². The third-order valence-electron chi connectivity index (χ3n) is 4.92. The van der Waals surface area contributed by atoms with Gasteiger partial charge in [-0.2, -0.15) is 0 Å². The van der Waals surface area contributed by atoms with E-state index in [-0.39, 0.29) is 23.5 Å². The first-order valence-electron chi connectivity index (χ1n) is 8.57. The lowest BCUT2D eigenvalue weighted by molar-refractivity contribution is 0.215. The molecule has 1 aliphatic rings. The Hall–Kier alpha value is -0.780. The number of amides is 2. The van der Waals surface area contributed by atoms with Crippen LogP contribution in [0.15, 0.2) is 0 Å². The van der Waals surface area contributed by atoms with Crippen LogP contribution in [0, 0.1) is 5.41 Å². The Balaban J connectivity index is 2.83. The summed E-state index contributed by atoms with van der Waals surface area (Å²) in [7, 11) is -3.29. The van der Waals surface area contributed by atoms with Crippen LogP contribution in [0.2, 0.25) is 0 Å². The largest absolute Gasteiger partial charge is 0.335 e. The fourth-order valence-electron chi connectivity index (χ4n) is 2.71. The molecule has 0 aromatic carbocycles. The minimum Gasteiger partial charge on any atom is -0.335 e. The zero-order valence-electron chi connectivity index (χ0n) is 15.7. The van der Waals surface area contributed by atoms with Gasteiger partial charge in [-0.1, -0.05) is 33.6 Å². The van der Waals surface area contributed by atoms with Gasteiger partial charge in [-0.05, 0) is 46.0 Å². The summed E-state index contributed by atoms with van der Waals surface area (Å²) in [6.45, 7) is 13.3. The number of rotatable bonds is 3. The summed E-state index contributed by atoms with van der Waals surface area (Å²) < 4.78 is 24.8.